The molecule has 12 heavy (non-hydrogen) atoms. The van der Waals surface area contributed by atoms with Gasteiger partial charge in [0, 0.05) is 28.9 Å². The fourth-order valence-corrected chi connectivity index (χ4v) is 2.01. The van der Waals surface area contributed by atoms with E-state index in [1.807, 2.05) is 13.8 Å². The molecule has 0 aromatic heterocycles. The molecule has 0 amide bonds. The van der Waals surface area contributed by atoms with Gasteiger partial charge in [-0.15, -0.1) is 0 Å². The molecule has 2 unspecified atom stereocenters. The standard InChI is InChI=1S/C8H19NO2S/c1-3-11-4-5-12(10)7-8(2)6-9/h8H,3-7,9H2,1-2H3. The maximum Gasteiger partial charge on any atom is 0.0581 e. The molecule has 0 spiro atoms. The van der Waals surface area contributed by atoms with Crippen LogP contribution in [-0.4, -0.2) is 35.5 Å². The molecule has 0 saturated carbocycles. The van der Waals surface area contributed by atoms with Crippen LogP contribution < -0.4 is 5.73 Å². The van der Waals surface area contributed by atoms with Gasteiger partial charge in [-0.25, -0.2) is 0 Å². The van der Waals surface area contributed by atoms with E-state index < -0.39 is 10.8 Å². The average molecular weight is 193 g/mol. The van der Waals surface area contributed by atoms with Crippen LogP contribution in [0.5, 0.6) is 0 Å². The van der Waals surface area contributed by atoms with E-state index >= 15 is 0 Å². The molecule has 0 heterocycles. The smallest absolute Gasteiger partial charge is 0.0581 e. The normalized spacial score (nSPS) is 15.9. The van der Waals surface area contributed by atoms with Gasteiger partial charge in [-0.3, -0.25) is 4.21 Å². The van der Waals surface area contributed by atoms with Crippen molar-refractivity contribution in [2.24, 2.45) is 11.7 Å². The Bertz CT molecular complexity index is 130. The van der Waals surface area contributed by atoms with Gasteiger partial charge < -0.3 is 10.5 Å². The lowest BCUT2D eigenvalue weighted by Gasteiger charge is -2.07. The minimum Gasteiger partial charge on any atom is -0.381 e. The summed E-state index contributed by atoms with van der Waals surface area (Å²) in [6, 6.07) is 0. The maximum absolute atomic E-state index is 11.3. The van der Waals surface area contributed by atoms with E-state index in [1.165, 1.54) is 0 Å². The zero-order chi connectivity index (χ0) is 9.40. The molecule has 0 aliphatic heterocycles. The maximum atomic E-state index is 11.3. The van der Waals surface area contributed by atoms with Crippen LogP contribution in [0, 0.1) is 5.92 Å². The van der Waals surface area contributed by atoms with Crippen molar-refractivity contribution >= 4 is 10.8 Å². The Morgan fingerprint density at radius 3 is 2.75 bits per heavy atom. The van der Waals surface area contributed by atoms with Gasteiger partial charge in [-0.1, -0.05) is 6.92 Å². The molecule has 0 rings (SSSR count). The van der Waals surface area contributed by atoms with Gasteiger partial charge in [0.1, 0.15) is 0 Å². The molecule has 4 heteroatoms. The third-order valence-electron chi connectivity index (χ3n) is 1.53. The highest BCUT2D eigenvalue weighted by Crippen LogP contribution is 1.95. The van der Waals surface area contributed by atoms with E-state index in [0.29, 0.717) is 37.2 Å². The summed E-state index contributed by atoms with van der Waals surface area (Å²) in [4.78, 5) is 0. The Hall–Kier alpha value is 0.0700. The van der Waals surface area contributed by atoms with Crippen LogP contribution >= 0.6 is 0 Å². The second kappa shape index (κ2) is 7.71. The lowest BCUT2D eigenvalue weighted by Crippen LogP contribution is -2.20. The number of hydrogen-bond donors (Lipinski definition) is 1. The zero-order valence-corrected chi connectivity index (χ0v) is 8.73. The van der Waals surface area contributed by atoms with Crippen LogP contribution in [0.15, 0.2) is 0 Å². The van der Waals surface area contributed by atoms with Crippen molar-refractivity contribution < 1.29 is 8.95 Å². The summed E-state index contributed by atoms with van der Waals surface area (Å²) >= 11 is 0. The van der Waals surface area contributed by atoms with Gasteiger partial charge in [-0.2, -0.15) is 0 Å². The third-order valence-corrected chi connectivity index (χ3v) is 3.10. The average Bonchev–Trinajstić information content (AvgIpc) is 2.05. The zero-order valence-electron chi connectivity index (χ0n) is 7.91. The van der Waals surface area contributed by atoms with Gasteiger partial charge >= 0.3 is 0 Å². The summed E-state index contributed by atoms with van der Waals surface area (Å²) < 4.78 is 16.4. The van der Waals surface area contributed by atoms with Gasteiger partial charge in [0.2, 0.25) is 0 Å². The van der Waals surface area contributed by atoms with E-state index in [0.717, 1.165) is 0 Å². The molecular formula is C8H19NO2S. The van der Waals surface area contributed by atoms with Crippen molar-refractivity contribution in [2.75, 3.05) is 31.3 Å². The van der Waals surface area contributed by atoms with Crippen molar-refractivity contribution in [3.63, 3.8) is 0 Å². The number of ether oxygens (including phenoxy) is 1. The summed E-state index contributed by atoms with van der Waals surface area (Å²) in [5, 5.41) is 0. The second-order valence-corrected chi connectivity index (χ2v) is 4.47. The predicted octanol–water partition coefficient (Wildman–Crippen LogP) is 0.366. The van der Waals surface area contributed by atoms with Crippen molar-refractivity contribution in [2.45, 2.75) is 13.8 Å². The molecule has 2 N–H and O–H groups in total. The summed E-state index contributed by atoms with van der Waals surface area (Å²) in [6.07, 6.45) is 0. The molecule has 0 bridgehead atoms. The van der Waals surface area contributed by atoms with E-state index in [4.69, 9.17) is 10.5 Å². The molecule has 0 aliphatic carbocycles. The quantitative estimate of drug-likeness (QED) is 0.594. The molecular weight excluding hydrogens is 174 g/mol. The fourth-order valence-electron chi connectivity index (χ4n) is 0.765. The van der Waals surface area contributed by atoms with E-state index in [1.54, 1.807) is 0 Å². The van der Waals surface area contributed by atoms with Crippen molar-refractivity contribution in [3.05, 3.63) is 0 Å². The lowest BCUT2D eigenvalue weighted by molar-refractivity contribution is 0.164. The SMILES string of the molecule is CCOCCS(=O)CC(C)CN. The molecule has 0 saturated heterocycles. The second-order valence-electron chi connectivity index (χ2n) is 2.85. The predicted molar refractivity (Wildman–Crippen MR) is 52.6 cm³/mol. The van der Waals surface area contributed by atoms with E-state index in [-0.39, 0.29) is 0 Å². The Balaban J connectivity index is 3.33. The Kier molecular flexibility index (Phi) is 7.75. The first kappa shape index (κ1) is 12.1. The molecule has 74 valence electrons. The van der Waals surface area contributed by atoms with Crippen molar-refractivity contribution in [3.8, 4) is 0 Å². The molecule has 3 nitrogen and oxygen atoms in total. The largest absolute Gasteiger partial charge is 0.381 e. The minimum absolute atomic E-state index is 0.354. The van der Waals surface area contributed by atoms with Crippen LogP contribution in [-0.2, 0) is 15.5 Å². The van der Waals surface area contributed by atoms with Crippen LogP contribution in [0.3, 0.4) is 0 Å². The van der Waals surface area contributed by atoms with Crippen LogP contribution in [0.25, 0.3) is 0 Å². The lowest BCUT2D eigenvalue weighted by atomic mass is 10.2. The van der Waals surface area contributed by atoms with Crippen LogP contribution in [0.4, 0.5) is 0 Å². The molecule has 0 aromatic rings. The van der Waals surface area contributed by atoms with Crippen LogP contribution in [0.2, 0.25) is 0 Å². The first-order chi connectivity index (χ1) is 5.70. The fraction of sp³-hybridized carbons (Fsp3) is 1.00. The topological polar surface area (TPSA) is 52.3 Å². The Morgan fingerprint density at radius 2 is 2.25 bits per heavy atom. The summed E-state index contributed by atoms with van der Waals surface area (Å²) in [7, 11) is -0.756. The van der Waals surface area contributed by atoms with Gasteiger partial charge in [0.05, 0.1) is 6.61 Å². The number of nitrogens with two attached hydrogens (primary N) is 1. The molecule has 0 radical (unpaired) electrons. The molecule has 0 aliphatic rings. The summed E-state index contributed by atoms with van der Waals surface area (Å²) in [5.41, 5.74) is 5.41. The van der Waals surface area contributed by atoms with Crippen molar-refractivity contribution in [1.29, 1.82) is 0 Å². The van der Waals surface area contributed by atoms with Gasteiger partial charge in [0.15, 0.2) is 0 Å². The Labute approximate surface area is 77.1 Å². The van der Waals surface area contributed by atoms with Crippen molar-refractivity contribution in [1.82, 2.24) is 0 Å². The first-order valence-electron chi connectivity index (χ1n) is 4.33. The molecule has 2 atom stereocenters. The Morgan fingerprint density at radius 1 is 1.58 bits per heavy atom. The van der Waals surface area contributed by atoms with E-state index in [9.17, 15) is 4.21 Å². The molecule has 0 aromatic carbocycles. The monoisotopic (exact) mass is 193 g/mol. The minimum atomic E-state index is -0.756. The van der Waals surface area contributed by atoms with Crippen LogP contribution in [0.1, 0.15) is 13.8 Å². The van der Waals surface area contributed by atoms with Gasteiger partial charge in [-0.05, 0) is 19.4 Å². The highest BCUT2D eigenvalue weighted by molar-refractivity contribution is 7.85. The first-order valence-corrected chi connectivity index (χ1v) is 5.82. The highest BCUT2D eigenvalue weighted by atomic mass is 32.2. The number of rotatable bonds is 7. The summed E-state index contributed by atoms with van der Waals surface area (Å²) in [5.74, 6) is 1.69. The highest BCUT2D eigenvalue weighted by Gasteiger charge is 2.05. The summed E-state index contributed by atoms with van der Waals surface area (Å²) in [6.45, 7) is 5.86. The third kappa shape index (κ3) is 6.76. The van der Waals surface area contributed by atoms with E-state index in [2.05, 4.69) is 0 Å². The van der Waals surface area contributed by atoms with Gasteiger partial charge in [0.25, 0.3) is 0 Å². The molecule has 0 fully saturated rings. The number of hydrogen-bond acceptors (Lipinski definition) is 3.